The van der Waals surface area contributed by atoms with E-state index in [9.17, 15) is 4.79 Å². The maximum atomic E-state index is 12.5. The molecule has 0 spiro atoms. The summed E-state index contributed by atoms with van der Waals surface area (Å²) in [6.07, 6.45) is 6.06. The molecule has 1 aromatic carbocycles. The highest BCUT2D eigenvalue weighted by Gasteiger charge is 2.14. The van der Waals surface area contributed by atoms with Crippen LogP contribution < -0.4 is 0 Å². The second-order valence-corrected chi connectivity index (χ2v) is 7.44. The van der Waals surface area contributed by atoms with E-state index < -0.39 is 0 Å². The zero-order valence-electron chi connectivity index (χ0n) is 16.9. The van der Waals surface area contributed by atoms with Crippen molar-refractivity contribution in [1.82, 2.24) is 19.7 Å². The number of ketones is 1. The highest BCUT2D eigenvalue weighted by atomic mass is 16.1. The first-order chi connectivity index (χ1) is 13.6. The van der Waals surface area contributed by atoms with E-state index >= 15 is 0 Å². The first-order valence-corrected chi connectivity index (χ1v) is 10.0. The third-order valence-electron chi connectivity index (χ3n) is 4.89. The van der Waals surface area contributed by atoms with Crippen molar-refractivity contribution in [2.45, 2.75) is 58.9 Å². The minimum atomic E-state index is 0.230. The Hall–Kier alpha value is -2.82. The van der Waals surface area contributed by atoms with E-state index in [0.29, 0.717) is 25.2 Å². The van der Waals surface area contributed by atoms with Crippen molar-refractivity contribution in [3.05, 3.63) is 65.7 Å². The molecule has 5 heteroatoms. The van der Waals surface area contributed by atoms with E-state index in [0.717, 1.165) is 35.7 Å². The van der Waals surface area contributed by atoms with Gasteiger partial charge in [-0.05, 0) is 35.6 Å². The number of benzene rings is 1. The summed E-state index contributed by atoms with van der Waals surface area (Å²) in [5, 5.41) is 8.73. The lowest BCUT2D eigenvalue weighted by Gasteiger charge is -2.09. The van der Waals surface area contributed by atoms with E-state index in [-0.39, 0.29) is 5.78 Å². The predicted molar refractivity (Wildman–Crippen MR) is 111 cm³/mol. The topological polar surface area (TPSA) is 60.7 Å². The Morgan fingerprint density at radius 3 is 2.39 bits per heavy atom. The Morgan fingerprint density at radius 2 is 1.75 bits per heavy atom. The van der Waals surface area contributed by atoms with E-state index in [4.69, 9.17) is 0 Å². The maximum absolute atomic E-state index is 12.5. The second-order valence-electron chi connectivity index (χ2n) is 7.44. The van der Waals surface area contributed by atoms with Crippen LogP contribution in [0.25, 0.3) is 11.4 Å². The average Bonchev–Trinajstić information content (AvgIpc) is 3.10. The van der Waals surface area contributed by atoms with Crippen LogP contribution in [0.15, 0.2) is 48.8 Å². The highest BCUT2D eigenvalue weighted by Crippen LogP contribution is 2.19. The Labute approximate surface area is 166 Å². The molecule has 0 amide bonds. The van der Waals surface area contributed by atoms with Crippen molar-refractivity contribution in [1.29, 1.82) is 0 Å². The van der Waals surface area contributed by atoms with E-state index in [1.165, 1.54) is 5.56 Å². The quantitative estimate of drug-likeness (QED) is 0.547. The van der Waals surface area contributed by atoms with Gasteiger partial charge >= 0.3 is 0 Å². The molecule has 3 rings (SSSR count). The Balaban J connectivity index is 1.65. The van der Waals surface area contributed by atoms with Crippen LogP contribution in [0.4, 0.5) is 0 Å². The van der Waals surface area contributed by atoms with Crippen LogP contribution in [0, 0.1) is 0 Å². The van der Waals surface area contributed by atoms with E-state index in [1.807, 2.05) is 12.1 Å². The summed E-state index contributed by atoms with van der Waals surface area (Å²) in [7, 11) is 0. The normalized spacial score (nSPS) is 11.1. The molecule has 2 aromatic heterocycles. The first kappa shape index (κ1) is 19.9. The molecular weight excluding hydrogens is 348 g/mol. The van der Waals surface area contributed by atoms with Crippen molar-refractivity contribution in [2.24, 2.45) is 0 Å². The van der Waals surface area contributed by atoms with Crippen molar-refractivity contribution < 1.29 is 4.79 Å². The molecule has 146 valence electrons. The van der Waals surface area contributed by atoms with Crippen LogP contribution in [0.1, 0.15) is 56.5 Å². The molecule has 0 fully saturated rings. The van der Waals surface area contributed by atoms with Crippen LogP contribution in [0.3, 0.4) is 0 Å². The molecule has 0 bridgehead atoms. The number of pyridine rings is 1. The number of aryl methyl sites for hydroxylation is 1. The van der Waals surface area contributed by atoms with Crippen molar-refractivity contribution in [2.75, 3.05) is 0 Å². The summed E-state index contributed by atoms with van der Waals surface area (Å²) in [5.41, 5.74) is 3.37. The van der Waals surface area contributed by atoms with Crippen LogP contribution in [-0.2, 0) is 24.2 Å². The Bertz CT molecular complexity index is 898. The highest BCUT2D eigenvalue weighted by molar-refractivity contribution is 5.81. The third kappa shape index (κ3) is 4.91. The van der Waals surface area contributed by atoms with Gasteiger partial charge in [0.05, 0.1) is 0 Å². The lowest BCUT2D eigenvalue weighted by Crippen LogP contribution is -2.10. The van der Waals surface area contributed by atoms with E-state index in [2.05, 4.69) is 64.8 Å². The fourth-order valence-electron chi connectivity index (χ4n) is 3.28. The van der Waals surface area contributed by atoms with Gasteiger partial charge in [0.1, 0.15) is 11.6 Å². The molecule has 0 radical (unpaired) electrons. The van der Waals surface area contributed by atoms with Crippen LogP contribution in [0.2, 0.25) is 0 Å². The Morgan fingerprint density at radius 1 is 1.04 bits per heavy atom. The molecule has 0 saturated heterocycles. The van der Waals surface area contributed by atoms with Gasteiger partial charge in [0.2, 0.25) is 0 Å². The summed E-state index contributed by atoms with van der Waals surface area (Å²) in [5.74, 6) is 2.45. The molecule has 28 heavy (non-hydrogen) atoms. The standard InChI is InChI=1S/C23H28N4O/c1-4-15-27-22(25-26-23(27)20-11-13-24-14-12-20)10-9-21(28)16-18-5-7-19(8-6-18)17(2)3/h5-8,11-14,17H,4,9-10,15-16H2,1-3H3. The molecular formula is C23H28N4O. The summed E-state index contributed by atoms with van der Waals surface area (Å²) in [6, 6.07) is 12.2. The number of hydrogen-bond acceptors (Lipinski definition) is 4. The van der Waals surface area contributed by atoms with Gasteiger partial charge in [-0.25, -0.2) is 0 Å². The summed E-state index contributed by atoms with van der Waals surface area (Å²) in [4.78, 5) is 16.6. The minimum absolute atomic E-state index is 0.230. The smallest absolute Gasteiger partial charge is 0.164 e. The molecule has 0 aliphatic carbocycles. The van der Waals surface area contributed by atoms with Gasteiger partial charge in [-0.1, -0.05) is 45.0 Å². The number of rotatable bonds is 9. The van der Waals surface area contributed by atoms with Crippen molar-refractivity contribution >= 4 is 5.78 Å². The molecule has 5 nitrogen and oxygen atoms in total. The summed E-state index contributed by atoms with van der Waals surface area (Å²) in [6.45, 7) is 7.32. The molecule has 3 aromatic rings. The van der Waals surface area contributed by atoms with Gasteiger partial charge in [0.25, 0.3) is 0 Å². The number of carbonyl (C=O) groups is 1. The number of carbonyl (C=O) groups excluding carboxylic acids is 1. The average molecular weight is 377 g/mol. The fraction of sp³-hybridized carbons (Fsp3) is 0.391. The third-order valence-corrected chi connectivity index (χ3v) is 4.89. The van der Waals surface area contributed by atoms with Crippen molar-refractivity contribution in [3.8, 4) is 11.4 Å². The number of hydrogen-bond donors (Lipinski definition) is 0. The van der Waals surface area contributed by atoms with Gasteiger partial charge in [0, 0.05) is 43.8 Å². The van der Waals surface area contributed by atoms with Gasteiger partial charge < -0.3 is 4.57 Å². The molecule has 0 saturated carbocycles. The zero-order valence-corrected chi connectivity index (χ0v) is 16.9. The SMILES string of the molecule is CCCn1c(CCC(=O)Cc2ccc(C(C)C)cc2)nnc1-c1ccncc1. The minimum Gasteiger partial charge on any atom is -0.311 e. The van der Waals surface area contributed by atoms with Gasteiger partial charge in [-0.15, -0.1) is 10.2 Å². The summed E-state index contributed by atoms with van der Waals surface area (Å²) >= 11 is 0. The van der Waals surface area contributed by atoms with Gasteiger partial charge in [-0.3, -0.25) is 9.78 Å². The molecule has 0 unspecified atom stereocenters. The molecule has 0 aliphatic heterocycles. The lowest BCUT2D eigenvalue weighted by atomic mass is 9.99. The predicted octanol–water partition coefficient (Wildman–Crippen LogP) is 4.62. The monoisotopic (exact) mass is 376 g/mol. The molecule has 2 heterocycles. The number of Topliss-reactive ketones (excluding diaryl/α,β-unsaturated/α-hetero) is 1. The Kier molecular flexibility index (Phi) is 6.69. The van der Waals surface area contributed by atoms with Crippen LogP contribution in [-0.4, -0.2) is 25.5 Å². The molecule has 0 N–H and O–H groups in total. The number of nitrogens with zero attached hydrogens (tertiary/aromatic N) is 4. The van der Waals surface area contributed by atoms with Gasteiger partial charge in [-0.2, -0.15) is 0 Å². The van der Waals surface area contributed by atoms with Gasteiger partial charge in [0.15, 0.2) is 5.82 Å². The fourth-order valence-corrected chi connectivity index (χ4v) is 3.28. The zero-order chi connectivity index (χ0) is 19.9. The first-order valence-electron chi connectivity index (χ1n) is 10.0. The maximum Gasteiger partial charge on any atom is 0.164 e. The largest absolute Gasteiger partial charge is 0.311 e. The lowest BCUT2D eigenvalue weighted by molar-refractivity contribution is -0.118. The van der Waals surface area contributed by atoms with E-state index in [1.54, 1.807) is 12.4 Å². The molecule has 0 atom stereocenters. The second kappa shape index (κ2) is 9.40. The van der Waals surface area contributed by atoms with Crippen LogP contribution >= 0.6 is 0 Å². The summed E-state index contributed by atoms with van der Waals surface area (Å²) < 4.78 is 2.13. The number of aromatic nitrogens is 4. The van der Waals surface area contributed by atoms with Crippen LogP contribution in [0.5, 0.6) is 0 Å². The molecule has 0 aliphatic rings. The van der Waals surface area contributed by atoms with Crippen molar-refractivity contribution in [3.63, 3.8) is 0 Å².